The first-order valence-corrected chi connectivity index (χ1v) is 8.50. The average molecular weight is 252 g/mol. The second-order valence-corrected chi connectivity index (χ2v) is 9.02. The normalized spacial score (nSPS) is 12.4. The first kappa shape index (κ1) is 17.3. The number of hydrogen-bond donors (Lipinski definition) is 0. The Morgan fingerprint density at radius 2 is 1.53 bits per heavy atom. The topological polar surface area (TPSA) is 0 Å². The lowest BCUT2D eigenvalue weighted by Crippen LogP contribution is -2.18. The predicted molar refractivity (Wildman–Crippen MR) is 83.4 cm³/mol. The Morgan fingerprint density at radius 1 is 1.00 bits per heavy atom. The summed E-state index contributed by atoms with van der Waals surface area (Å²) in [6.07, 6.45) is 11.8. The molecule has 0 bridgehead atoms. The summed E-state index contributed by atoms with van der Waals surface area (Å²) in [6.45, 7) is 13.3. The van der Waals surface area contributed by atoms with E-state index in [2.05, 4.69) is 40.3 Å². The van der Waals surface area contributed by atoms with E-state index in [4.69, 9.17) is 0 Å². The van der Waals surface area contributed by atoms with Crippen LogP contribution in [0.15, 0.2) is 12.7 Å². The van der Waals surface area contributed by atoms with Crippen LogP contribution < -0.4 is 0 Å². The van der Waals surface area contributed by atoms with E-state index in [0.29, 0.717) is 4.28 Å². The van der Waals surface area contributed by atoms with Gasteiger partial charge >= 0.3 is 0 Å². The van der Waals surface area contributed by atoms with Gasteiger partial charge in [0.1, 0.15) is 0 Å². The molecule has 0 aromatic heterocycles. The van der Waals surface area contributed by atoms with Crippen LogP contribution in [0.25, 0.3) is 0 Å². The van der Waals surface area contributed by atoms with Gasteiger partial charge in [-0.1, -0.05) is 70.2 Å². The fourth-order valence-corrected chi connectivity index (χ4v) is 5.26. The molecule has 100 valence electrons. The summed E-state index contributed by atoms with van der Waals surface area (Å²) < 4.78 is 0.705. The zero-order valence-electron chi connectivity index (χ0n) is 12.9. The zero-order valence-corrected chi connectivity index (χ0v) is 14.9. The van der Waals surface area contributed by atoms with Gasteiger partial charge in [0.05, 0.1) is 0 Å². The summed E-state index contributed by atoms with van der Waals surface area (Å²) in [7, 11) is 0. The third-order valence-electron chi connectivity index (χ3n) is 3.49. The maximum Gasteiger partial charge on any atom is 0.221 e. The van der Waals surface area contributed by atoms with Gasteiger partial charge in [0.15, 0.2) is 0 Å². The van der Waals surface area contributed by atoms with Crippen LogP contribution in [-0.2, 0) is 0 Å². The van der Waals surface area contributed by atoms with E-state index < -0.39 is 0 Å². The quantitative estimate of drug-likeness (QED) is 0.291. The molecule has 1 heteroatoms. The van der Waals surface area contributed by atoms with Crippen molar-refractivity contribution in [2.75, 3.05) is 0 Å². The number of allylic oxidation sites excluding steroid dienone is 1. The fraction of sp³-hybridized carbons (Fsp3) is 0.875. The zero-order chi connectivity index (χ0) is 13.3. The minimum Gasteiger partial charge on any atom is -0.103 e. The van der Waals surface area contributed by atoms with Crippen molar-refractivity contribution in [2.24, 2.45) is 11.8 Å². The van der Waals surface area contributed by atoms with Crippen LogP contribution in [0.1, 0.15) is 72.6 Å². The minimum absolute atomic E-state index is 0.705. The molecule has 0 fully saturated rings. The molecule has 0 aromatic carbocycles. The lowest BCUT2D eigenvalue weighted by atomic mass is 9.84. The van der Waals surface area contributed by atoms with E-state index in [-0.39, 0.29) is 0 Å². The van der Waals surface area contributed by atoms with Crippen LogP contribution in [0, 0.1) is 11.8 Å². The monoisotopic (exact) mass is 252 g/mol. The molecule has 17 heavy (non-hydrogen) atoms. The fourth-order valence-electron chi connectivity index (χ4n) is 3.28. The Kier molecular flexibility index (Phi) is 9.38. The molecule has 0 aliphatic rings. The van der Waals surface area contributed by atoms with Crippen molar-refractivity contribution in [1.82, 2.24) is 0 Å². The Bertz CT molecular complexity index is 184. The van der Waals surface area contributed by atoms with E-state index in [0.717, 1.165) is 11.8 Å². The summed E-state index contributed by atoms with van der Waals surface area (Å²) in [5.41, 5.74) is 0. The maximum absolute atomic E-state index is 3.79. The van der Waals surface area contributed by atoms with Crippen molar-refractivity contribution in [3.8, 4) is 0 Å². The molecule has 0 aliphatic carbocycles. The molecule has 0 N–H and O–H groups in total. The maximum atomic E-state index is 3.79. The van der Waals surface area contributed by atoms with Crippen LogP contribution >= 0.6 is 0 Å². The van der Waals surface area contributed by atoms with Gasteiger partial charge in [0.2, 0.25) is 16.3 Å². The molecule has 0 atom stereocenters. The molecule has 0 radical (unpaired) electrons. The SMILES string of the molecule is C=CCCCCC[C]([AlH2])(CC(C)C)CC(C)C. The Balaban J connectivity index is 4.04. The summed E-state index contributed by atoms with van der Waals surface area (Å²) in [5.74, 6) is 1.72. The van der Waals surface area contributed by atoms with E-state index in [9.17, 15) is 0 Å². The smallest absolute Gasteiger partial charge is 0.103 e. The van der Waals surface area contributed by atoms with Crippen LogP contribution in [0.4, 0.5) is 0 Å². The van der Waals surface area contributed by atoms with Crippen LogP contribution in [0.2, 0.25) is 4.28 Å². The minimum atomic E-state index is 0.705. The standard InChI is InChI=1S/C16H31.Al.2H/c1-6-7-8-9-10-11-16(12-14(2)3)13-15(4)5;;;/h6,14-15H,1,7-13H2,2-5H3;;;. The molecule has 0 aromatic rings. The molecule has 0 aliphatic heterocycles. The van der Waals surface area contributed by atoms with Crippen LogP contribution in [0.5, 0.6) is 0 Å². The molecular formula is C16H33Al. The van der Waals surface area contributed by atoms with Gasteiger partial charge in [-0.3, -0.25) is 0 Å². The molecule has 0 spiro atoms. The second-order valence-electron chi connectivity index (χ2n) is 6.89. The summed E-state index contributed by atoms with van der Waals surface area (Å²) in [4.78, 5) is 0. The number of unbranched alkanes of at least 4 members (excludes halogenated alkanes) is 3. The molecular weight excluding hydrogens is 219 g/mol. The third kappa shape index (κ3) is 9.93. The molecule has 0 amide bonds. The van der Waals surface area contributed by atoms with Gasteiger partial charge in [-0.25, -0.2) is 0 Å². The Hall–Kier alpha value is 0.272. The Morgan fingerprint density at radius 3 is 1.94 bits per heavy atom. The van der Waals surface area contributed by atoms with E-state index in [1.54, 1.807) is 0 Å². The largest absolute Gasteiger partial charge is 0.221 e. The summed E-state index contributed by atoms with van der Waals surface area (Å²) >= 11 is 1.36. The van der Waals surface area contributed by atoms with Gasteiger partial charge in [0, 0.05) is 0 Å². The predicted octanol–water partition coefficient (Wildman–Crippen LogP) is 5.01. The summed E-state index contributed by atoms with van der Waals surface area (Å²) in [6, 6.07) is 0. The average Bonchev–Trinajstić information content (AvgIpc) is 2.14. The molecule has 0 nitrogen and oxygen atoms in total. The lowest BCUT2D eigenvalue weighted by Gasteiger charge is -2.34. The van der Waals surface area contributed by atoms with Gasteiger partial charge < -0.3 is 0 Å². The highest BCUT2D eigenvalue weighted by molar-refractivity contribution is 6.15. The van der Waals surface area contributed by atoms with Crippen molar-refractivity contribution in [3.05, 3.63) is 12.7 Å². The number of rotatable bonds is 10. The third-order valence-corrected chi connectivity index (χ3v) is 4.81. The summed E-state index contributed by atoms with van der Waals surface area (Å²) in [5, 5.41) is 0. The second kappa shape index (κ2) is 9.24. The van der Waals surface area contributed by atoms with Crippen LogP contribution in [0.3, 0.4) is 0 Å². The lowest BCUT2D eigenvalue weighted by molar-refractivity contribution is 0.335. The first-order valence-electron chi connectivity index (χ1n) is 7.50. The van der Waals surface area contributed by atoms with E-state index in [1.165, 1.54) is 61.2 Å². The molecule has 0 rings (SSSR count). The van der Waals surface area contributed by atoms with E-state index >= 15 is 0 Å². The van der Waals surface area contributed by atoms with Crippen LogP contribution in [-0.4, -0.2) is 16.3 Å². The van der Waals surface area contributed by atoms with Crippen molar-refractivity contribution < 1.29 is 0 Å². The van der Waals surface area contributed by atoms with Crippen molar-refractivity contribution in [1.29, 1.82) is 0 Å². The highest BCUT2D eigenvalue weighted by Gasteiger charge is 2.25. The highest BCUT2D eigenvalue weighted by atomic mass is 27.0. The van der Waals surface area contributed by atoms with Gasteiger partial charge in [-0.05, 0) is 24.7 Å². The molecule has 0 heterocycles. The van der Waals surface area contributed by atoms with Gasteiger partial charge in [-0.2, -0.15) is 0 Å². The van der Waals surface area contributed by atoms with Crippen molar-refractivity contribution in [3.63, 3.8) is 0 Å². The molecule has 0 saturated heterocycles. The molecule has 0 unspecified atom stereocenters. The van der Waals surface area contributed by atoms with E-state index in [1.807, 2.05) is 0 Å². The Labute approximate surface area is 118 Å². The first-order chi connectivity index (χ1) is 7.89. The number of hydrogen-bond acceptors (Lipinski definition) is 0. The highest BCUT2D eigenvalue weighted by Crippen LogP contribution is 2.42. The van der Waals surface area contributed by atoms with Gasteiger partial charge in [0.25, 0.3) is 0 Å². The molecule has 0 saturated carbocycles. The van der Waals surface area contributed by atoms with Gasteiger partial charge in [-0.15, -0.1) is 6.58 Å². The van der Waals surface area contributed by atoms with Crippen molar-refractivity contribution >= 4 is 16.3 Å². The van der Waals surface area contributed by atoms with Crippen molar-refractivity contribution in [2.45, 2.75) is 76.9 Å².